The first-order valence-corrected chi connectivity index (χ1v) is 11.9. The topological polar surface area (TPSA) is 61.9 Å². The van der Waals surface area contributed by atoms with Crippen LogP contribution in [0.4, 0.5) is 0 Å². The van der Waals surface area contributed by atoms with Gasteiger partial charge < -0.3 is 15.0 Å². The van der Waals surface area contributed by atoms with Gasteiger partial charge in [0.05, 0.1) is 19.1 Å². The zero-order valence-electron chi connectivity index (χ0n) is 18.6. The maximum absolute atomic E-state index is 13.5. The van der Waals surface area contributed by atoms with Gasteiger partial charge in [0.2, 0.25) is 11.8 Å². The smallest absolute Gasteiger partial charge is 0.234 e. The van der Waals surface area contributed by atoms with Crippen LogP contribution in [0.25, 0.3) is 0 Å². The minimum atomic E-state index is -0.0525. The van der Waals surface area contributed by atoms with E-state index in [1.54, 1.807) is 7.11 Å². The monoisotopic (exact) mass is 425 g/mol. The van der Waals surface area contributed by atoms with E-state index in [-0.39, 0.29) is 11.3 Å². The van der Waals surface area contributed by atoms with Crippen molar-refractivity contribution < 1.29 is 14.3 Å². The Hall–Kier alpha value is -2.08. The lowest BCUT2D eigenvalue weighted by Gasteiger charge is -2.57. The highest BCUT2D eigenvalue weighted by atomic mass is 16.5. The van der Waals surface area contributed by atoms with Gasteiger partial charge in [0.1, 0.15) is 5.75 Å². The van der Waals surface area contributed by atoms with Crippen molar-refractivity contribution in [2.45, 2.75) is 45.1 Å². The standard InChI is InChI=1S/C25H35N3O3/c1-31-22-5-3-2-4-21(22)16-26-23(29)17-27-6-8-28(9-7-27)24(30)25-13-18-10-19(14-25)12-20(11-18)15-25/h2-5,18-20H,6-17H2,1H3,(H,26,29). The van der Waals surface area contributed by atoms with Crippen LogP contribution < -0.4 is 10.1 Å². The first-order chi connectivity index (χ1) is 15.0. The molecule has 2 amide bonds. The van der Waals surface area contributed by atoms with E-state index in [1.807, 2.05) is 24.3 Å². The SMILES string of the molecule is COc1ccccc1CNC(=O)CN1CCN(C(=O)C23CC4CC(CC(C4)C2)C3)CC1. The number of methoxy groups -OCH3 is 1. The molecule has 6 nitrogen and oxygen atoms in total. The number of rotatable bonds is 6. The Morgan fingerprint density at radius 3 is 2.23 bits per heavy atom. The molecule has 1 aromatic carbocycles. The lowest BCUT2D eigenvalue weighted by atomic mass is 9.49. The Morgan fingerprint density at radius 1 is 1.00 bits per heavy atom. The summed E-state index contributed by atoms with van der Waals surface area (Å²) in [4.78, 5) is 30.2. The molecule has 0 aromatic heterocycles. The van der Waals surface area contributed by atoms with E-state index in [0.29, 0.717) is 19.0 Å². The Kier molecular flexibility index (Phi) is 5.67. The lowest BCUT2D eigenvalue weighted by molar-refractivity contribution is -0.159. The first-order valence-electron chi connectivity index (χ1n) is 11.9. The molecule has 6 rings (SSSR count). The molecule has 5 fully saturated rings. The minimum absolute atomic E-state index is 0.0202. The van der Waals surface area contributed by atoms with Crippen molar-refractivity contribution in [1.82, 2.24) is 15.1 Å². The van der Waals surface area contributed by atoms with Crippen LogP contribution in [0.15, 0.2) is 24.3 Å². The summed E-state index contributed by atoms with van der Waals surface area (Å²) in [5, 5.41) is 3.00. The minimum Gasteiger partial charge on any atom is -0.496 e. The largest absolute Gasteiger partial charge is 0.496 e. The third-order valence-electron chi connectivity index (χ3n) is 8.19. The molecule has 4 aliphatic carbocycles. The predicted molar refractivity (Wildman–Crippen MR) is 118 cm³/mol. The molecular weight excluding hydrogens is 390 g/mol. The van der Waals surface area contributed by atoms with Crippen LogP contribution in [0.3, 0.4) is 0 Å². The number of ether oxygens (including phenoxy) is 1. The third kappa shape index (κ3) is 4.19. The molecule has 1 N–H and O–H groups in total. The Balaban J connectivity index is 1.10. The summed E-state index contributed by atoms with van der Waals surface area (Å²) in [6.07, 6.45) is 7.48. The van der Waals surface area contributed by atoms with E-state index >= 15 is 0 Å². The van der Waals surface area contributed by atoms with E-state index in [1.165, 1.54) is 19.3 Å². The van der Waals surface area contributed by atoms with E-state index in [4.69, 9.17) is 4.74 Å². The molecule has 1 aromatic rings. The zero-order chi connectivity index (χ0) is 21.4. The molecule has 6 heteroatoms. The number of benzene rings is 1. The van der Waals surface area contributed by atoms with E-state index in [2.05, 4.69) is 15.1 Å². The van der Waals surface area contributed by atoms with Gasteiger partial charge in [-0.2, -0.15) is 0 Å². The summed E-state index contributed by atoms with van der Waals surface area (Å²) in [5.41, 5.74) is 0.924. The predicted octanol–water partition coefficient (Wildman–Crippen LogP) is 2.67. The van der Waals surface area contributed by atoms with Crippen molar-refractivity contribution in [2.24, 2.45) is 23.2 Å². The molecule has 0 atom stereocenters. The highest BCUT2D eigenvalue weighted by Gasteiger charge is 2.55. The molecule has 0 spiro atoms. The van der Waals surface area contributed by atoms with Crippen molar-refractivity contribution in [3.05, 3.63) is 29.8 Å². The van der Waals surface area contributed by atoms with Gasteiger partial charge in [0, 0.05) is 38.3 Å². The summed E-state index contributed by atoms with van der Waals surface area (Å²) < 4.78 is 5.35. The molecule has 4 bridgehead atoms. The summed E-state index contributed by atoms with van der Waals surface area (Å²) in [5.74, 6) is 3.62. The number of nitrogens with one attached hydrogen (secondary N) is 1. The van der Waals surface area contributed by atoms with Gasteiger partial charge in [-0.3, -0.25) is 14.5 Å². The fourth-order valence-corrected chi connectivity index (χ4v) is 7.12. The maximum atomic E-state index is 13.5. The average Bonchev–Trinajstić information content (AvgIpc) is 2.77. The van der Waals surface area contributed by atoms with Gasteiger partial charge in [-0.25, -0.2) is 0 Å². The molecule has 1 aliphatic heterocycles. The van der Waals surface area contributed by atoms with Gasteiger partial charge in [-0.05, 0) is 62.3 Å². The Bertz CT molecular complexity index is 796. The van der Waals surface area contributed by atoms with Crippen molar-refractivity contribution >= 4 is 11.8 Å². The number of carbonyl (C=O) groups is 2. The fourth-order valence-electron chi connectivity index (χ4n) is 7.12. The van der Waals surface area contributed by atoms with Crippen LogP contribution in [-0.2, 0) is 16.1 Å². The Labute approximate surface area is 185 Å². The van der Waals surface area contributed by atoms with E-state index < -0.39 is 0 Å². The number of hydrogen-bond acceptors (Lipinski definition) is 4. The van der Waals surface area contributed by atoms with Gasteiger partial charge in [0.25, 0.3) is 0 Å². The quantitative estimate of drug-likeness (QED) is 0.761. The van der Waals surface area contributed by atoms with Crippen LogP contribution in [0.5, 0.6) is 5.75 Å². The normalized spacial score (nSPS) is 32.2. The molecule has 1 heterocycles. The summed E-state index contributed by atoms with van der Waals surface area (Å²) in [6, 6.07) is 7.74. The first kappa shape index (κ1) is 20.8. The summed E-state index contributed by atoms with van der Waals surface area (Å²) >= 11 is 0. The second kappa shape index (κ2) is 8.45. The number of nitrogens with zero attached hydrogens (tertiary/aromatic N) is 2. The second-order valence-electron chi connectivity index (χ2n) is 10.4. The van der Waals surface area contributed by atoms with Crippen LogP contribution >= 0.6 is 0 Å². The van der Waals surface area contributed by atoms with Crippen molar-refractivity contribution in [3.63, 3.8) is 0 Å². The third-order valence-corrected chi connectivity index (χ3v) is 8.19. The van der Waals surface area contributed by atoms with Crippen molar-refractivity contribution in [3.8, 4) is 5.75 Å². The molecular formula is C25H35N3O3. The number of hydrogen-bond donors (Lipinski definition) is 1. The van der Waals surface area contributed by atoms with E-state index in [0.717, 1.165) is 74.5 Å². The van der Waals surface area contributed by atoms with Crippen LogP contribution in [0.1, 0.15) is 44.1 Å². The zero-order valence-corrected chi connectivity index (χ0v) is 18.6. The van der Waals surface area contributed by atoms with Gasteiger partial charge in [-0.15, -0.1) is 0 Å². The highest BCUT2D eigenvalue weighted by molar-refractivity contribution is 5.83. The Morgan fingerprint density at radius 2 is 1.61 bits per heavy atom. The van der Waals surface area contributed by atoms with Gasteiger partial charge in [0.15, 0.2) is 0 Å². The molecule has 0 radical (unpaired) electrons. The lowest BCUT2D eigenvalue weighted by Crippen LogP contribution is -2.58. The second-order valence-corrected chi connectivity index (χ2v) is 10.4. The van der Waals surface area contributed by atoms with Crippen molar-refractivity contribution in [1.29, 1.82) is 0 Å². The summed E-state index contributed by atoms with van der Waals surface area (Å²) in [6.45, 7) is 3.91. The molecule has 5 aliphatic rings. The highest BCUT2D eigenvalue weighted by Crippen LogP contribution is 2.60. The fraction of sp³-hybridized carbons (Fsp3) is 0.680. The molecule has 31 heavy (non-hydrogen) atoms. The maximum Gasteiger partial charge on any atom is 0.234 e. The number of piperazine rings is 1. The molecule has 168 valence electrons. The molecule has 1 saturated heterocycles. The molecule has 0 unspecified atom stereocenters. The number of para-hydroxylation sites is 1. The summed E-state index contributed by atoms with van der Waals surface area (Å²) in [7, 11) is 1.64. The van der Waals surface area contributed by atoms with Crippen molar-refractivity contribution in [2.75, 3.05) is 39.8 Å². The average molecular weight is 426 g/mol. The number of carbonyl (C=O) groups excluding carboxylic acids is 2. The molecule has 4 saturated carbocycles. The van der Waals surface area contributed by atoms with Crippen LogP contribution in [0.2, 0.25) is 0 Å². The van der Waals surface area contributed by atoms with Crippen LogP contribution in [0, 0.1) is 23.2 Å². The van der Waals surface area contributed by atoms with Gasteiger partial charge >= 0.3 is 0 Å². The van der Waals surface area contributed by atoms with Crippen LogP contribution in [-0.4, -0.2) is 61.4 Å². The number of amides is 2. The van der Waals surface area contributed by atoms with Gasteiger partial charge in [-0.1, -0.05) is 18.2 Å². The van der Waals surface area contributed by atoms with E-state index in [9.17, 15) is 9.59 Å².